The number of benzene rings is 2. The maximum atomic E-state index is 5.98. The number of hydrogen-bond acceptors (Lipinski definition) is 5. The second kappa shape index (κ2) is 8.35. The summed E-state index contributed by atoms with van der Waals surface area (Å²) in [5.74, 6) is 1.59. The van der Waals surface area contributed by atoms with Crippen LogP contribution in [-0.2, 0) is 6.54 Å². The maximum Gasteiger partial charge on any atom is 0.193 e. The fourth-order valence-electron chi connectivity index (χ4n) is 2.38. The van der Waals surface area contributed by atoms with Gasteiger partial charge in [0.25, 0.3) is 0 Å². The summed E-state index contributed by atoms with van der Waals surface area (Å²) in [6, 6.07) is 15.5. The number of aromatic nitrogens is 1. The van der Waals surface area contributed by atoms with Gasteiger partial charge in [0.05, 0.1) is 26.5 Å². The van der Waals surface area contributed by atoms with Crippen molar-refractivity contribution in [1.29, 1.82) is 0 Å². The van der Waals surface area contributed by atoms with Crippen molar-refractivity contribution in [3.8, 4) is 22.8 Å². The van der Waals surface area contributed by atoms with E-state index in [1.165, 1.54) is 0 Å². The third-order valence-electron chi connectivity index (χ3n) is 3.66. The third kappa shape index (κ3) is 4.31. The molecule has 0 bridgehead atoms. The van der Waals surface area contributed by atoms with Gasteiger partial charge in [0.15, 0.2) is 17.5 Å². The van der Waals surface area contributed by atoms with Crippen LogP contribution in [0.5, 0.6) is 11.5 Å². The molecule has 0 aliphatic heterocycles. The van der Waals surface area contributed by atoms with Crippen LogP contribution in [0.15, 0.2) is 58.9 Å². The molecule has 3 N–H and O–H groups in total. The minimum atomic E-state index is 0.314. The molecule has 0 aliphatic rings. The van der Waals surface area contributed by atoms with E-state index in [0.29, 0.717) is 24.0 Å². The normalized spacial score (nSPS) is 11.2. The molecule has 134 valence electrons. The van der Waals surface area contributed by atoms with Crippen molar-refractivity contribution >= 4 is 23.0 Å². The summed E-state index contributed by atoms with van der Waals surface area (Å²) in [6.45, 7) is 0.420. The lowest BCUT2D eigenvalue weighted by molar-refractivity contribution is 0.355. The number of nitrogens with two attached hydrogens (primary N) is 1. The first-order valence-electron chi connectivity index (χ1n) is 7.98. The first-order chi connectivity index (χ1) is 12.7. The molecule has 7 heteroatoms. The average molecular weight is 368 g/mol. The minimum absolute atomic E-state index is 0.314. The number of rotatable bonds is 6. The molecule has 1 aromatic heterocycles. The topological polar surface area (TPSA) is 81.8 Å². The van der Waals surface area contributed by atoms with Crippen LogP contribution in [0.4, 0.5) is 5.69 Å². The van der Waals surface area contributed by atoms with E-state index in [1.54, 1.807) is 37.7 Å². The quantitative estimate of drug-likeness (QED) is 0.511. The molecule has 6 nitrogen and oxygen atoms in total. The van der Waals surface area contributed by atoms with Crippen LogP contribution >= 0.6 is 11.3 Å². The Balaban J connectivity index is 1.65. The molecule has 1 heterocycles. The third-order valence-corrected chi connectivity index (χ3v) is 4.50. The molecule has 0 saturated heterocycles. The van der Waals surface area contributed by atoms with E-state index in [9.17, 15) is 0 Å². The summed E-state index contributed by atoms with van der Waals surface area (Å²) in [5.41, 5.74) is 8.79. The van der Waals surface area contributed by atoms with E-state index in [0.717, 1.165) is 22.0 Å². The van der Waals surface area contributed by atoms with E-state index in [4.69, 9.17) is 15.2 Å². The standard InChI is InChI=1S/C19H20N4O2S/c1-24-16-9-8-14(10-17(16)25-2)22-19(20)21-11-18-23-15(12-26-18)13-6-4-3-5-7-13/h3-10,12H,11H2,1-2H3,(H3,20,21,22). The van der Waals surface area contributed by atoms with E-state index in [2.05, 4.69) is 15.3 Å². The lowest BCUT2D eigenvalue weighted by Crippen LogP contribution is -2.22. The van der Waals surface area contributed by atoms with E-state index >= 15 is 0 Å². The van der Waals surface area contributed by atoms with Gasteiger partial charge in [-0.05, 0) is 12.1 Å². The lowest BCUT2D eigenvalue weighted by atomic mass is 10.2. The van der Waals surface area contributed by atoms with Crippen molar-refractivity contribution in [3.63, 3.8) is 0 Å². The zero-order chi connectivity index (χ0) is 18.4. The Hall–Kier alpha value is -3.06. The van der Waals surface area contributed by atoms with Crippen LogP contribution in [0.1, 0.15) is 5.01 Å². The number of anilines is 1. The van der Waals surface area contributed by atoms with Crippen molar-refractivity contribution in [1.82, 2.24) is 4.98 Å². The average Bonchev–Trinajstić information content (AvgIpc) is 3.16. The van der Waals surface area contributed by atoms with E-state index in [-0.39, 0.29) is 0 Å². The molecule has 0 aliphatic carbocycles. The molecule has 2 aromatic carbocycles. The number of hydrogen-bond donors (Lipinski definition) is 2. The number of methoxy groups -OCH3 is 2. The van der Waals surface area contributed by atoms with Gasteiger partial charge < -0.3 is 20.5 Å². The Morgan fingerprint density at radius 1 is 1.12 bits per heavy atom. The van der Waals surface area contributed by atoms with Crippen LogP contribution in [0.2, 0.25) is 0 Å². The molecule has 0 spiro atoms. The zero-order valence-corrected chi connectivity index (χ0v) is 15.4. The van der Waals surface area contributed by atoms with Gasteiger partial charge >= 0.3 is 0 Å². The molecule has 0 saturated carbocycles. The number of nitrogens with zero attached hydrogens (tertiary/aromatic N) is 2. The Bertz CT molecular complexity index is 894. The number of ether oxygens (including phenoxy) is 2. The SMILES string of the molecule is COc1ccc(NC(N)=NCc2nc(-c3ccccc3)cs2)cc1OC. The minimum Gasteiger partial charge on any atom is -0.493 e. The number of nitrogens with one attached hydrogen (secondary N) is 1. The maximum absolute atomic E-state index is 5.98. The van der Waals surface area contributed by atoms with Crippen LogP contribution < -0.4 is 20.5 Å². The summed E-state index contributed by atoms with van der Waals surface area (Å²) in [4.78, 5) is 8.96. The highest BCUT2D eigenvalue weighted by atomic mass is 32.1. The van der Waals surface area contributed by atoms with Crippen molar-refractivity contribution in [2.24, 2.45) is 10.7 Å². The highest BCUT2D eigenvalue weighted by Crippen LogP contribution is 2.29. The summed E-state index contributed by atoms with van der Waals surface area (Å²) >= 11 is 1.57. The molecule has 0 fully saturated rings. The zero-order valence-electron chi connectivity index (χ0n) is 14.6. The summed E-state index contributed by atoms with van der Waals surface area (Å²) in [5, 5.41) is 5.98. The van der Waals surface area contributed by atoms with Gasteiger partial charge in [0.1, 0.15) is 5.01 Å². The largest absolute Gasteiger partial charge is 0.493 e. The molecular weight excluding hydrogens is 348 g/mol. The molecule has 0 atom stereocenters. The van der Waals surface area contributed by atoms with Crippen molar-refractivity contribution in [3.05, 3.63) is 58.9 Å². The number of thiazole rings is 1. The monoisotopic (exact) mass is 368 g/mol. The smallest absolute Gasteiger partial charge is 0.193 e. The predicted octanol–water partition coefficient (Wildman–Crippen LogP) is 3.75. The van der Waals surface area contributed by atoms with Gasteiger partial charge in [-0.25, -0.2) is 9.98 Å². The Morgan fingerprint density at radius 3 is 2.62 bits per heavy atom. The first-order valence-corrected chi connectivity index (χ1v) is 8.86. The highest BCUT2D eigenvalue weighted by molar-refractivity contribution is 7.09. The Labute approximate surface area is 156 Å². The Morgan fingerprint density at radius 2 is 1.88 bits per heavy atom. The Kier molecular flexibility index (Phi) is 5.70. The van der Waals surface area contributed by atoms with Gasteiger partial charge in [-0.2, -0.15) is 0 Å². The summed E-state index contributed by atoms with van der Waals surface area (Å²) in [6.07, 6.45) is 0. The second-order valence-corrected chi connectivity index (χ2v) is 6.33. The highest BCUT2D eigenvalue weighted by Gasteiger charge is 2.06. The lowest BCUT2D eigenvalue weighted by Gasteiger charge is -2.10. The molecule has 26 heavy (non-hydrogen) atoms. The van der Waals surface area contributed by atoms with Gasteiger partial charge in [-0.15, -0.1) is 11.3 Å². The van der Waals surface area contributed by atoms with E-state index < -0.39 is 0 Å². The molecule has 0 amide bonds. The van der Waals surface area contributed by atoms with Crippen LogP contribution in [0, 0.1) is 0 Å². The van der Waals surface area contributed by atoms with E-state index in [1.807, 2.05) is 41.8 Å². The van der Waals surface area contributed by atoms with Crippen molar-refractivity contribution in [2.45, 2.75) is 6.54 Å². The van der Waals surface area contributed by atoms with Gasteiger partial charge in [-0.1, -0.05) is 30.3 Å². The summed E-state index contributed by atoms with van der Waals surface area (Å²) < 4.78 is 10.5. The van der Waals surface area contributed by atoms with Gasteiger partial charge in [0, 0.05) is 22.7 Å². The van der Waals surface area contributed by atoms with Gasteiger partial charge in [0.2, 0.25) is 0 Å². The molecule has 3 rings (SSSR count). The molecule has 3 aromatic rings. The van der Waals surface area contributed by atoms with Crippen molar-refractivity contribution in [2.75, 3.05) is 19.5 Å². The van der Waals surface area contributed by atoms with Crippen LogP contribution in [0.25, 0.3) is 11.3 Å². The fraction of sp³-hybridized carbons (Fsp3) is 0.158. The molecule has 0 unspecified atom stereocenters. The van der Waals surface area contributed by atoms with Crippen LogP contribution in [-0.4, -0.2) is 25.2 Å². The number of guanidine groups is 1. The van der Waals surface area contributed by atoms with Gasteiger partial charge in [-0.3, -0.25) is 0 Å². The van der Waals surface area contributed by atoms with Crippen molar-refractivity contribution < 1.29 is 9.47 Å². The predicted molar refractivity (Wildman–Crippen MR) is 106 cm³/mol. The fourth-order valence-corrected chi connectivity index (χ4v) is 3.11. The summed E-state index contributed by atoms with van der Waals surface area (Å²) in [7, 11) is 3.18. The number of aliphatic imine (C=N–C) groups is 1. The van der Waals surface area contributed by atoms with Crippen LogP contribution in [0.3, 0.4) is 0 Å². The first kappa shape index (κ1) is 17.8. The second-order valence-electron chi connectivity index (χ2n) is 5.39. The molecule has 0 radical (unpaired) electrons. The molecular formula is C19H20N4O2S.